The number of carbonyl (C=O) groups is 1. The highest BCUT2D eigenvalue weighted by atomic mass is 19.4. The van der Waals surface area contributed by atoms with Crippen LogP contribution in [-0.2, 0) is 31.9 Å². The molecule has 1 unspecified atom stereocenters. The predicted octanol–water partition coefficient (Wildman–Crippen LogP) is 4.22. The lowest BCUT2D eigenvalue weighted by Crippen LogP contribution is -2.54. The van der Waals surface area contributed by atoms with Gasteiger partial charge >= 0.3 is 12.4 Å². The van der Waals surface area contributed by atoms with Gasteiger partial charge in [-0.3, -0.25) is 9.59 Å². The fraction of sp³-hybridized carbons (Fsp3) is 0.400. The maximum atomic E-state index is 13.5. The number of hydrogen-bond donors (Lipinski definition) is 0. The molecular formula is C25H25F6N5O2. The first kappa shape index (κ1) is 27.4. The first-order chi connectivity index (χ1) is 17.7. The van der Waals surface area contributed by atoms with E-state index in [0.717, 1.165) is 5.69 Å². The van der Waals surface area contributed by atoms with Gasteiger partial charge in [0.15, 0.2) is 0 Å². The maximum absolute atomic E-state index is 13.5. The number of amides is 1. The van der Waals surface area contributed by atoms with E-state index < -0.39 is 47.5 Å². The largest absolute Gasteiger partial charge is 0.416 e. The van der Waals surface area contributed by atoms with E-state index in [9.17, 15) is 35.9 Å². The van der Waals surface area contributed by atoms with E-state index in [1.54, 1.807) is 29.8 Å². The molecule has 204 valence electrons. The van der Waals surface area contributed by atoms with Crippen molar-refractivity contribution in [2.24, 2.45) is 0 Å². The van der Waals surface area contributed by atoms with E-state index in [-0.39, 0.29) is 36.1 Å². The maximum Gasteiger partial charge on any atom is 0.416 e. The number of nitrogens with zero attached hydrogens (tertiary/aromatic N) is 5. The van der Waals surface area contributed by atoms with Gasteiger partial charge in [-0.2, -0.15) is 26.3 Å². The summed E-state index contributed by atoms with van der Waals surface area (Å²) in [6, 6.07) is 3.46. The third kappa shape index (κ3) is 5.47. The minimum absolute atomic E-state index is 0.00630. The molecule has 1 amide bonds. The van der Waals surface area contributed by atoms with Crippen molar-refractivity contribution >= 4 is 5.91 Å². The third-order valence-electron chi connectivity index (χ3n) is 6.32. The second-order valence-corrected chi connectivity index (χ2v) is 9.41. The summed E-state index contributed by atoms with van der Waals surface area (Å²) in [4.78, 5) is 34.0. The molecule has 7 nitrogen and oxygen atoms in total. The lowest BCUT2D eigenvalue weighted by molar-refractivity contribution is -0.143. The number of halogens is 6. The first-order valence-electron chi connectivity index (χ1n) is 11.7. The molecule has 0 saturated carbocycles. The van der Waals surface area contributed by atoms with Crippen LogP contribution in [0.1, 0.15) is 39.8 Å². The summed E-state index contributed by atoms with van der Waals surface area (Å²) in [7, 11) is 3.42. The molecule has 0 fully saturated rings. The summed E-state index contributed by atoms with van der Waals surface area (Å²) in [5, 5.41) is 0. The Morgan fingerprint density at radius 2 is 1.63 bits per heavy atom. The number of carbonyl (C=O) groups excluding carboxylic acids is 1. The van der Waals surface area contributed by atoms with Crippen LogP contribution >= 0.6 is 0 Å². The van der Waals surface area contributed by atoms with Gasteiger partial charge in [0.05, 0.1) is 29.2 Å². The third-order valence-corrected chi connectivity index (χ3v) is 6.32. The number of aryl methyl sites for hydroxylation is 1. The van der Waals surface area contributed by atoms with Crippen molar-refractivity contribution in [1.29, 1.82) is 0 Å². The zero-order chi connectivity index (χ0) is 28.0. The number of likely N-dealkylation sites (N-methyl/N-ethyl adjacent to an activating group) is 1. The van der Waals surface area contributed by atoms with Gasteiger partial charge in [0, 0.05) is 25.8 Å². The summed E-state index contributed by atoms with van der Waals surface area (Å²) < 4.78 is 83.1. The lowest BCUT2D eigenvalue weighted by atomic mass is 10.0. The molecular weight excluding hydrogens is 516 g/mol. The van der Waals surface area contributed by atoms with E-state index in [4.69, 9.17) is 0 Å². The molecule has 38 heavy (non-hydrogen) atoms. The van der Waals surface area contributed by atoms with Crippen molar-refractivity contribution in [3.63, 3.8) is 0 Å². The summed E-state index contributed by atoms with van der Waals surface area (Å²) in [5.74, 6) is -0.669. The quantitative estimate of drug-likeness (QED) is 0.439. The van der Waals surface area contributed by atoms with Gasteiger partial charge in [-0.05, 0) is 56.4 Å². The molecule has 4 rings (SSSR count). The van der Waals surface area contributed by atoms with Gasteiger partial charge < -0.3 is 18.9 Å². The van der Waals surface area contributed by atoms with Gasteiger partial charge in [-0.25, -0.2) is 4.98 Å². The molecule has 0 saturated heterocycles. The number of benzene rings is 1. The van der Waals surface area contributed by atoms with Crippen molar-refractivity contribution in [2.75, 3.05) is 20.6 Å². The van der Waals surface area contributed by atoms with Crippen LogP contribution in [0.25, 0.3) is 5.69 Å². The van der Waals surface area contributed by atoms with Crippen LogP contribution in [0.2, 0.25) is 0 Å². The van der Waals surface area contributed by atoms with E-state index in [2.05, 4.69) is 4.98 Å². The Hall–Kier alpha value is -3.61. The molecule has 0 aliphatic carbocycles. The second-order valence-electron chi connectivity index (χ2n) is 9.41. The number of hydrogen-bond acceptors (Lipinski definition) is 4. The lowest BCUT2D eigenvalue weighted by Gasteiger charge is -2.39. The molecule has 0 radical (unpaired) electrons. The van der Waals surface area contributed by atoms with Gasteiger partial charge in [0.2, 0.25) is 0 Å². The van der Waals surface area contributed by atoms with Gasteiger partial charge in [-0.15, -0.1) is 0 Å². The summed E-state index contributed by atoms with van der Waals surface area (Å²) in [6.07, 6.45) is -6.17. The Morgan fingerprint density at radius 1 is 1.00 bits per heavy atom. The molecule has 1 aliphatic rings. The molecule has 3 aromatic rings. The number of alkyl halides is 6. The van der Waals surface area contributed by atoms with E-state index in [1.807, 2.05) is 6.92 Å². The van der Waals surface area contributed by atoms with Crippen molar-refractivity contribution in [1.82, 2.24) is 23.9 Å². The van der Waals surface area contributed by atoms with E-state index in [0.29, 0.717) is 18.6 Å². The van der Waals surface area contributed by atoms with E-state index >= 15 is 0 Å². The average molecular weight is 541 g/mol. The predicted molar refractivity (Wildman–Crippen MR) is 126 cm³/mol. The van der Waals surface area contributed by atoms with Crippen molar-refractivity contribution in [3.8, 4) is 5.69 Å². The highest BCUT2D eigenvalue weighted by Gasteiger charge is 2.38. The molecule has 1 aliphatic heterocycles. The summed E-state index contributed by atoms with van der Waals surface area (Å²) >= 11 is 0. The van der Waals surface area contributed by atoms with Crippen LogP contribution in [0, 0.1) is 0 Å². The Kier molecular flexibility index (Phi) is 7.17. The monoisotopic (exact) mass is 541 g/mol. The molecule has 1 atom stereocenters. The fourth-order valence-corrected chi connectivity index (χ4v) is 4.52. The molecule has 1 aromatic carbocycles. The van der Waals surface area contributed by atoms with Crippen LogP contribution in [0.5, 0.6) is 0 Å². The van der Waals surface area contributed by atoms with Gasteiger partial charge in [0.25, 0.3) is 11.5 Å². The number of pyridine rings is 1. The topological polar surface area (TPSA) is 63.4 Å². The normalized spacial score (nSPS) is 16.3. The van der Waals surface area contributed by atoms with Gasteiger partial charge in [0.1, 0.15) is 11.4 Å². The summed E-state index contributed by atoms with van der Waals surface area (Å²) in [5.41, 5.74) is -2.67. The Morgan fingerprint density at radius 3 is 2.16 bits per heavy atom. The molecule has 13 heteroatoms. The minimum Gasteiger partial charge on any atom is -0.327 e. The fourth-order valence-electron chi connectivity index (χ4n) is 4.52. The van der Waals surface area contributed by atoms with Crippen molar-refractivity contribution in [2.45, 2.75) is 44.8 Å². The minimum atomic E-state index is -5.01. The zero-order valence-corrected chi connectivity index (χ0v) is 20.8. The van der Waals surface area contributed by atoms with Crippen LogP contribution in [0.4, 0.5) is 26.3 Å². The Balaban J connectivity index is 1.76. The van der Waals surface area contributed by atoms with Crippen LogP contribution < -0.4 is 5.56 Å². The van der Waals surface area contributed by atoms with E-state index in [1.165, 1.54) is 27.9 Å². The zero-order valence-electron chi connectivity index (χ0n) is 20.8. The highest BCUT2D eigenvalue weighted by Crippen LogP contribution is 2.37. The summed E-state index contributed by atoms with van der Waals surface area (Å²) in [6.45, 7) is 1.64. The molecule has 0 N–H and O–H groups in total. The molecule has 2 aromatic heterocycles. The standard InChI is InChI=1S/C25H25F6N5O2/c1-4-18-11-34(14-32-18)20-5-6-21-23(38)35(19(12-33(2)3)13-36(21)22(20)37)10-15-7-16(24(26,27)28)9-17(8-15)25(29,30)31/h5-9,11,14,19H,4,10,12-13H2,1-3H3. The average Bonchev–Trinajstić information content (AvgIpc) is 3.29. The SMILES string of the molecule is CCc1cn(-c2ccc3n(c2=O)CC(CN(C)C)N(Cc2cc(C(F)(F)F)cc(C(F)(F)F)c2)C3=O)cn1. The van der Waals surface area contributed by atoms with Crippen molar-refractivity contribution < 1.29 is 31.1 Å². The molecule has 0 bridgehead atoms. The first-order valence-corrected chi connectivity index (χ1v) is 11.7. The highest BCUT2D eigenvalue weighted by molar-refractivity contribution is 5.93. The number of fused-ring (bicyclic) bond motifs is 1. The van der Waals surface area contributed by atoms with Crippen LogP contribution in [0.3, 0.4) is 0 Å². The Labute approximate surface area is 213 Å². The van der Waals surface area contributed by atoms with Crippen LogP contribution in [0.15, 0.2) is 47.7 Å². The number of aromatic nitrogens is 3. The van der Waals surface area contributed by atoms with Crippen molar-refractivity contribution in [3.05, 3.63) is 81.3 Å². The van der Waals surface area contributed by atoms with Gasteiger partial charge in [-0.1, -0.05) is 6.92 Å². The van der Waals surface area contributed by atoms with Crippen LogP contribution in [-0.4, -0.2) is 56.5 Å². The Bertz CT molecular complexity index is 1370. The molecule has 3 heterocycles. The second kappa shape index (κ2) is 9.93. The smallest absolute Gasteiger partial charge is 0.327 e. The number of imidazole rings is 1. The molecule has 0 spiro atoms. The number of rotatable bonds is 6.